The van der Waals surface area contributed by atoms with Gasteiger partial charge in [-0.1, -0.05) is 19.3 Å². The van der Waals surface area contributed by atoms with Crippen LogP contribution in [-0.2, 0) is 11.2 Å². The first-order chi connectivity index (χ1) is 13.6. The van der Waals surface area contributed by atoms with E-state index in [4.69, 9.17) is 9.73 Å². The van der Waals surface area contributed by atoms with E-state index in [1.165, 1.54) is 42.7 Å². The zero-order valence-corrected chi connectivity index (χ0v) is 21.4. The number of aryl methyl sites for hydroxylation is 2. The number of morpholine rings is 1. The van der Waals surface area contributed by atoms with Gasteiger partial charge < -0.3 is 15.4 Å². The van der Waals surface area contributed by atoms with E-state index in [9.17, 15) is 0 Å². The molecular formula is C21H38IN5OS. The number of guanidine groups is 1. The Labute approximate surface area is 197 Å². The Morgan fingerprint density at radius 3 is 2.52 bits per heavy atom. The molecule has 1 saturated heterocycles. The largest absolute Gasteiger partial charge is 0.379 e. The number of rotatable bonds is 7. The molecule has 0 spiro atoms. The Balaban J connectivity index is 0.00000300. The van der Waals surface area contributed by atoms with E-state index in [0.29, 0.717) is 0 Å². The Morgan fingerprint density at radius 2 is 1.90 bits per heavy atom. The van der Waals surface area contributed by atoms with Gasteiger partial charge in [-0.2, -0.15) is 0 Å². The van der Waals surface area contributed by atoms with Crippen LogP contribution in [0.1, 0.15) is 54.6 Å². The van der Waals surface area contributed by atoms with Crippen molar-refractivity contribution in [2.45, 2.75) is 64.8 Å². The number of thiazole rings is 1. The molecule has 6 nitrogen and oxygen atoms in total. The van der Waals surface area contributed by atoms with E-state index in [-0.39, 0.29) is 29.5 Å². The van der Waals surface area contributed by atoms with Crippen LogP contribution in [-0.4, -0.2) is 67.3 Å². The Bertz CT molecular complexity index is 639. The van der Waals surface area contributed by atoms with Crippen molar-refractivity contribution >= 4 is 41.3 Å². The smallest absolute Gasteiger partial charge is 0.191 e. The minimum Gasteiger partial charge on any atom is -0.379 e. The van der Waals surface area contributed by atoms with Crippen LogP contribution in [0.15, 0.2) is 4.99 Å². The number of nitrogens with one attached hydrogen (secondary N) is 2. The Morgan fingerprint density at radius 1 is 1.17 bits per heavy atom. The number of hydrogen-bond donors (Lipinski definition) is 2. The SMILES string of the molecule is CCNC(=NCC1(N2CCOCC2)CCCCC1)NCCc1sc(C)nc1C.I. The molecule has 0 unspecified atom stereocenters. The molecule has 0 aromatic carbocycles. The van der Waals surface area contributed by atoms with Gasteiger partial charge in [-0.3, -0.25) is 9.89 Å². The van der Waals surface area contributed by atoms with E-state index in [1.807, 2.05) is 0 Å². The molecular weight excluding hydrogens is 497 g/mol. The highest BCUT2D eigenvalue weighted by atomic mass is 127. The Hall–Kier alpha value is -0.450. The highest BCUT2D eigenvalue weighted by Gasteiger charge is 2.38. The average molecular weight is 536 g/mol. The first-order valence-electron chi connectivity index (χ1n) is 10.9. The third kappa shape index (κ3) is 7.04. The lowest BCUT2D eigenvalue weighted by atomic mass is 9.80. The molecule has 8 heteroatoms. The fraction of sp³-hybridized carbons (Fsp3) is 0.810. The number of hydrogen-bond acceptors (Lipinski definition) is 5. The molecule has 29 heavy (non-hydrogen) atoms. The molecule has 1 aromatic heterocycles. The fourth-order valence-corrected chi connectivity index (χ4v) is 5.43. The Kier molecular flexibility index (Phi) is 10.6. The number of halogens is 1. The van der Waals surface area contributed by atoms with Gasteiger partial charge in [0.05, 0.1) is 30.5 Å². The van der Waals surface area contributed by atoms with Crippen molar-refractivity contribution in [1.29, 1.82) is 0 Å². The van der Waals surface area contributed by atoms with Gasteiger partial charge in [0.1, 0.15) is 0 Å². The topological polar surface area (TPSA) is 61.8 Å². The van der Waals surface area contributed by atoms with Crippen LogP contribution in [0.2, 0.25) is 0 Å². The quantitative estimate of drug-likeness (QED) is 0.318. The number of ether oxygens (including phenoxy) is 1. The van der Waals surface area contributed by atoms with Crippen molar-refractivity contribution in [1.82, 2.24) is 20.5 Å². The monoisotopic (exact) mass is 535 g/mol. The van der Waals surface area contributed by atoms with Crippen LogP contribution < -0.4 is 10.6 Å². The summed E-state index contributed by atoms with van der Waals surface area (Å²) in [6, 6.07) is 0. The van der Waals surface area contributed by atoms with Crippen molar-refractivity contribution in [2.24, 2.45) is 4.99 Å². The first kappa shape index (κ1) is 24.8. The molecule has 166 valence electrons. The third-order valence-electron chi connectivity index (χ3n) is 5.99. The summed E-state index contributed by atoms with van der Waals surface area (Å²) >= 11 is 1.80. The maximum absolute atomic E-state index is 5.60. The molecule has 1 aromatic rings. The first-order valence-corrected chi connectivity index (χ1v) is 11.7. The van der Waals surface area contributed by atoms with Gasteiger partial charge >= 0.3 is 0 Å². The molecule has 0 bridgehead atoms. The zero-order chi connectivity index (χ0) is 19.8. The second kappa shape index (κ2) is 12.4. The highest BCUT2D eigenvalue weighted by Crippen LogP contribution is 2.34. The van der Waals surface area contributed by atoms with Gasteiger partial charge in [0.15, 0.2) is 5.96 Å². The minimum atomic E-state index is 0. The molecule has 2 heterocycles. The lowest BCUT2D eigenvalue weighted by Crippen LogP contribution is -2.56. The minimum absolute atomic E-state index is 0. The average Bonchev–Trinajstić information content (AvgIpc) is 3.04. The maximum atomic E-state index is 5.60. The van der Waals surface area contributed by atoms with E-state index < -0.39 is 0 Å². The highest BCUT2D eigenvalue weighted by molar-refractivity contribution is 14.0. The van der Waals surface area contributed by atoms with Crippen molar-refractivity contribution < 1.29 is 4.74 Å². The van der Waals surface area contributed by atoms with Gasteiger partial charge in [0.25, 0.3) is 0 Å². The summed E-state index contributed by atoms with van der Waals surface area (Å²) in [4.78, 5) is 13.6. The molecule has 1 aliphatic carbocycles. The standard InChI is InChI=1S/C21H37N5OS.HI/c1-4-22-20(23-11-8-19-17(2)25-18(3)28-19)24-16-21(9-6-5-7-10-21)26-12-14-27-15-13-26;/h4-16H2,1-3H3,(H2,22,23,24);1H. The summed E-state index contributed by atoms with van der Waals surface area (Å²) in [5.41, 5.74) is 1.38. The molecule has 1 aliphatic heterocycles. The number of aromatic nitrogens is 1. The molecule has 2 aliphatic rings. The lowest BCUT2D eigenvalue weighted by Gasteiger charge is -2.47. The zero-order valence-electron chi connectivity index (χ0n) is 18.3. The van der Waals surface area contributed by atoms with E-state index in [0.717, 1.165) is 63.3 Å². The summed E-state index contributed by atoms with van der Waals surface area (Å²) in [5, 5.41) is 8.12. The van der Waals surface area contributed by atoms with Gasteiger partial charge in [0.2, 0.25) is 0 Å². The van der Waals surface area contributed by atoms with Crippen LogP contribution in [0.4, 0.5) is 0 Å². The van der Waals surface area contributed by atoms with Crippen molar-refractivity contribution in [3.63, 3.8) is 0 Å². The molecule has 2 N–H and O–H groups in total. The predicted octanol–water partition coefficient (Wildman–Crippen LogP) is 3.51. The molecule has 0 atom stereocenters. The summed E-state index contributed by atoms with van der Waals surface area (Å²) in [6.45, 7) is 12.8. The lowest BCUT2D eigenvalue weighted by molar-refractivity contribution is -0.0333. The van der Waals surface area contributed by atoms with Gasteiger partial charge in [0, 0.05) is 43.0 Å². The summed E-state index contributed by atoms with van der Waals surface area (Å²) in [6.07, 6.45) is 7.52. The van der Waals surface area contributed by atoms with Crippen LogP contribution in [0, 0.1) is 13.8 Å². The van der Waals surface area contributed by atoms with Gasteiger partial charge in [-0.25, -0.2) is 4.98 Å². The molecule has 0 radical (unpaired) electrons. The fourth-order valence-electron chi connectivity index (χ4n) is 4.49. The van der Waals surface area contributed by atoms with Gasteiger partial charge in [-0.05, 0) is 33.6 Å². The molecule has 2 fully saturated rings. The predicted molar refractivity (Wildman–Crippen MR) is 133 cm³/mol. The number of aliphatic imine (C=N–C) groups is 1. The summed E-state index contributed by atoms with van der Waals surface area (Å²) < 4.78 is 5.60. The normalized spacial score (nSPS) is 20.2. The third-order valence-corrected chi connectivity index (χ3v) is 7.12. The van der Waals surface area contributed by atoms with Crippen LogP contribution in [0.3, 0.4) is 0 Å². The molecule has 3 rings (SSSR count). The summed E-state index contributed by atoms with van der Waals surface area (Å²) in [5.74, 6) is 0.944. The second-order valence-corrected chi connectivity index (χ2v) is 9.29. The number of nitrogens with zero attached hydrogens (tertiary/aromatic N) is 3. The van der Waals surface area contributed by atoms with Crippen molar-refractivity contribution in [2.75, 3.05) is 45.9 Å². The van der Waals surface area contributed by atoms with E-state index >= 15 is 0 Å². The van der Waals surface area contributed by atoms with E-state index in [2.05, 4.69) is 41.3 Å². The molecule has 0 amide bonds. The van der Waals surface area contributed by atoms with E-state index in [1.54, 1.807) is 11.3 Å². The second-order valence-electron chi connectivity index (χ2n) is 8.00. The van der Waals surface area contributed by atoms with Crippen LogP contribution in [0.5, 0.6) is 0 Å². The van der Waals surface area contributed by atoms with Crippen molar-refractivity contribution in [3.8, 4) is 0 Å². The van der Waals surface area contributed by atoms with Gasteiger partial charge in [-0.15, -0.1) is 35.3 Å². The maximum Gasteiger partial charge on any atom is 0.191 e. The summed E-state index contributed by atoms with van der Waals surface area (Å²) in [7, 11) is 0. The molecule has 1 saturated carbocycles. The van der Waals surface area contributed by atoms with Crippen molar-refractivity contribution in [3.05, 3.63) is 15.6 Å². The van der Waals surface area contributed by atoms with Crippen LogP contribution in [0.25, 0.3) is 0 Å². The van der Waals surface area contributed by atoms with Crippen LogP contribution >= 0.6 is 35.3 Å².